The minimum Gasteiger partial charge on any atom is -0.355 e. The maximum absolute atomic E-state index is 13.1. The molecule has 1 aliphatic heterocycles. The fraction of sp³-hybridized carbons (Fsp3) is 0.391. The Morgan fingerprint density at radius 3 is 2.54 bits per heavy atom. The largest absolute Gasteiger partial charge is 0.355 e. The van der Waals surface area contributed by atoms with Gasteiger partial charge in [-0.3, -0.25) is 9.59 Å². The van der Waals surface area contributed by atoms with Crippen LogP contribution in [0.5, 0.6) is 0 Å². The first-order valence-electron chi connectivity index (χ1n) is 9.96. The van der Waals surface area contributed by atoms with E-state index < -0.39 is 0 Å². The summed E-state index contributed by atoms with van der Waals surface area (Å²) in [4.78, 5) is 27.1. The summed E-state index contributed by atoms with van der Waals surface area (Å²) in [7, 11) is 0. The molecule has 2 amide bonds. The molecular formula is C23H27FN2O2. The van der Waals surface area contributed by atoms with Crippen molar-refractivity contribution >= 4 is 11.8 Å². The molecular weight excluding hydrogens is 355 g/mol. The summed E-state index contributed by atoms with van der Waals surface area (Å²) in [5.41, 5.74) is 1.68. The van der Waals surface area contributed by atoms with Crippen LogP contribution in [0.3, 0.4) is 0 Å². The predicted octanol–water partition coefficient (Wildman–Crippen LogP) is 3.99. The highest BCUT2D eigenvalue weighted by atomic mass is 19.1. The molecule has 1 heterocycles. The molecule has 1 aliphatic rings. The lowest BCUT2D eigenvalue weighted by Crippen LogP contribution is -2.46. The van der Waals surface area contributed by atoms with Crippen molar-refractivity contribution in [2.24, 2.45) is 5.92 Å². The van der Waals surface area contributed by atoms with E-state index in [0.29, 0.717) is 25.2 Å². The fourth-order valence-corrected chi connectivity index (χ4v) is 3.74. The Hall–Kier alpha value is -2.69. The summed E-state index contributed by atoms with van der Waals surface area (Å²) in [5, 5.41) is 3.08. The molecule has 1 fully saturated rings. The van der Waals surface area contributed by atoms with Crippen molar-refractivity contribution in [3.05, 3.63) is 71.5 Å². The zero-order valence-corrected chi connectivity index (χ0v) is 16.2. The monoisotopic (exact) mass is 382 g/mol. The van der Waals surface area contributed by atoms with Crippen molar-refractivity contribution in [3.63, 3.8) is 0 Å². The number of likely N-dealkylation sites (tertiary alicyclic amines) is 1. The SMILES string of the molecule is CCC(CNC(=O)C1CCCN(C(=O)c2ccc(F)cc2)C1)c1ccccc1. The van der Waals surface area contributed by atoms with Crippen LogP contribution in [0.25, 0.3) is 0 Å². The molecule has 2 aromatic rings. The molecule has 0 spiro atoms. The van der Waals surface area contributed by atoms with Gasteiger partial charge in [0.15, 0.2) is 0 Å². The van der Waals surface area contributed by atoms with E-state index in [4.69, 9.17) is 0 Å². The number of carbonyl (C=O) groups is 2. The Bertz CT molecular complexity index is 792. The Morgan fingerprint density at radius 1 is 1.14 bits per heavy atom. The number of rotatable bonds is 6. The van der Waals surface area contributed by atoms with Gasteiger partial charge < -0.3 is 10.2 Å². The van der Waals surface area contributed by atoms with Gasteiger partial charge in [-0.2, -0.15) is 0 Å². The highest BCUT2D eigenvalue weighted by molar-refractivity contribution is 5.94. The molecule has 148 valence electrons. The lowest BCUT2D eigenvalue weighted by molar-refractivity contribution is -0.126. The van der Waals surface area contributed by atoms with Gasteiger partial charge in [0.1, 0.15) is 5.82 Å². The van der Waals surface area contributed by atoms with Gasteiger partial charge in [0.25, 0.3) is 5.91 Å². The molecule has 4 nitrogen and oxygen atoms in total. The smallest absolute Gasteiger partial charge is 0.253 e. The van der Waals surface area contributed by atoms with Crippen LogP contribution in [-0.2, 0) is 4.79 Å². The topological polar surface area (TPSA) is 49.4 Å². The second kappa shape index (κ2) is 9.49. The third kappa shape index (κ3) is 4.97. The van der Waals surface area contributed by atoms with E-state index in [1.807, 2.05) is 18.2 Å². The molecule has 28 heavy (non-hydrogen) atoms. The minimum atomic E-state index is -0.364. The summed E-state index contributed by atoms with van der Waals surface area (Å²) in [6, 6.07) is 15.8. The lowest BCUT2D eigenvalue weighted by atomic mass is 9.94. The highest BCUT2D eigenvalue weighted by Gasteiger charge is 2.29. The molecule has 0 aliphatic carbocycles. The van der Waals surface area contributed by atoms with Crippen LogP contribution in [0.4, 0.5) is 4.39 Å². The molecule has 0 saturated carbocycles. The normalized spacial score (nSPS) is 17.8. The highest BCUT2D eigenvalue weighted by Crippen LogP contribution is 2.21. The molecule has 2 atom stereocenters. The van der Waals surface area contributed by atoms with E-state index in [9.17, 15) is 14.0 Å². The number of nitrogens with one attached hydrogen (secondary N) is 1. The third-order valence-corrected chi connectivity index (χ3v) is 5.46. The van der Waals surface area contributed by atoms with Crippen molar-refractivity contribution in [2.45, 2.75) is 32.1 Å². The van der Waals surface area contributed by atoms with Crippen LogP contribution >= 0.6 is 0 Å². The van der Waals surface area contributed by atoms with E-state index in [0.717, 1.165) is 19.3 Å². The van der Waals surface area contributed by atoms with Crippen LogP contribution in [0.1, 0.15) is 48.0 Å². The Balaban J connectivity index is 1.56. The average molecular weight is 382 g/mol. The maximum atomic E-state index is 13.1. The third-order valence-electron chi connectivity index (χ3n) is 5.46. The zero-order valence-electron chi connectivity index (χ0n) is 16.2. The number of benzene rings is 2. The molecule has 1 saturated heterocycles. The Labute approximate surface area is 165 Å². The summed E-state index contributed by atoms with van der Waals surface area (Å²) >= 11 is 0. The van der Waals surface area contributed by atoms with Crippen molar-refractivity contribution in [1.82, 2.24) is 10.2 Å². The number of nitrogens with zero attached hydrogens (tertiary/aromatic N) is 1. The van der Waals surface area contributed by atoms with Gasteiger partial charge in [-0.15, -0.1) is 0 Å². The fourth-order valence-electron chi connectivity index (χ4n) is 3.74. The van der Waals surface area contributed by atoms with Gasteiger partial charge in [0, 0.05) is 31.1 Å². The number of piperidine rings is 1. The summed E-state index contributed by atoms with van der Waals surface area (Å²) in [5.74, 6) is -0.423. The van der Waals surface area contributed by atoms with Crippen LogP contribution < -0.4 is 5.32 Å². The second-order valence-electron chi connectivity index (χ2n) is 7.36. The zero-order chi connectivity index (χ0) is 19.9. The average Bonchev–Trinajstić information content (AvgIpc) is 2.75. The summed E-state index contributed by atoms with van der Waals surface area (Å²) in [6.45, 7) is 3.75. The molecule has 0 aromatic heterocycles. The number of amides is 2. The van der Waals surface area contributed by atoms with Gasteiger partial charge in [-0.1, -0.05) is 37.3 Å². The molecule has 0 radical (unpaired) electrons. The van der Waals surface area contributed by atoms with Gasteiger partial charge in [-0.05, 0) is 49.1 Å². The quantitative estimate of drug-likeness (QED) is 0.821. The molecule has 1 N–H and O–H groups in total. The standard InChI is InChI=1S/C23H27FN2O2/c1-2-17(18-7-4-3-5-8-18)15-25-22(27)20-9-6-14-26(16-20)23(28)19-10-12-21(24)13-11-19/h3-5,7-8,10-13,17,20H,2,6,9,14-16H2,1H3,(H,25,27). The van der Waals surface area contributed by atoms with Crippen molar-refractivity contribution in [1.29, 1.82) is 0 Å². The maximum Gasteiger partial charge on any atom is 0.253 e. The molecule has 5 heteroatoms. The first-order valence-corrected chi connectivity index (χ1v) is 9.96. The molecule has 2 unspecified atom stereocenters. The Morgan fingerprint density at radius 2 is 1.86 bits per heavy atom. The van der Waals surface area contributed by atoms with E-state index >= 15 is 0 Å². The van der Waals surface area contributed by atoms with Crippen LogP contribution in [0, 0.1) is 11.7 Å². The number of hydrogen-bond donors (Lipinski definition) is 1. The van der Waals surface area contributed by atoms with Crippen molar-refractivity contribution in [3.8, 4) is 0 Å². The summed E-state index contributed by atoms with van der Waals surface area (Å²) < 4.78 is 13.1. The lowest BCUT2D eigenvalue weighted by Gasteiger charge is -2.32. The predicted molar refractivity (Wildman–Crippen MR) is 108 cm³/mol. The first-order chi connectivity index (χ1) is 13.6. The van der Waals surface area contributed by atoms with E-state index in [2.05, 4.69) is 24.4 Å². The first kappa shape index (κ1) is 20.1. The molecule has 3 rings (SSSR count). The number of hydrogen-bond acceptors (Lipinski definition) is 2. The second-order valence-corrected chi connectivity index (χ2v) is 7.36. The van der Waals surface area contributed by atoms with Gasteiger partial charge in [-0.25, -0.2) is 4.39 Å². The van der Waals surface area contributed by atoms with Crippen LogP contribution in [-0.4, -0.2) is 36.3 Å². The van der Waals surface area contributed by atoms with Crippen LogP contribution in [0.2, 0.25) is 0 Å². The summed E-state index contributed by atoms with van der Waals surface area (Å²) in [6.07, 6.45) is 2.52. The van der Waals surface area contributed by atoms with E-state index in [1.165, 1.54) is 29.8 Å². The van der Waals surface area contributed by atoms with Crippen molar-refractivity contribution in [2.75, 3.05) is 19.6 Å². The van der Waals surface area contributed by atoms with E-state index in [1.54, 1.807) is 4.90 Å². The number of carbonyl (C=O) groups excluding carboxylic acids is 2. The number of halogens is 1. The van der Waals surface area contributed by atoms with Gasteiger partial charge >= 0.3 is 0 Å². The van der Waals surface area contributed by atoms with Crippen molar-refractivity contribution < 1.29 is 14.0 Å². The van der Waals surface area contributed by atoms with Gasteiger partial charge in [0.2, 0.25) is 5.91 Å². The van der Waals surface area contributed by atoms with Crippen LogP contribution in [0.15, 0.2) is 54.6 Å². The molecule has 0 bridgehead atoms. The molecule has 2 aromatic carbocycles. The minimum absolute atomic E-state index is 0.00554. The van der Waals surface area contributed by atoms with E-state index in [-0.39, 0.29) is 29.5 Å². The van der Waals surface area contributed by atoms with Gasteiger partial charge in [0.05, 0.1) is 5.92 Å². The Kier molecular flexibility index (Phi) is 6.80.